The summed E-state index contributed by atoms with van der Waals surface area (Å²) in [6.45, 7) is 7.69. The molecule has 0 saturated carbocycles. The Morgan fingerprint density at radius 3 is 2.75 bits per heavy atom. The molecule has 5 nitrogen and oxygen atoms in total. The van der Waals surface area contributed by atoms with Crippen LogP contribution in [0.1, 0.15) is 29.8 Å². The number of rotatable bonds is 5. The fraction of sp³-hybridized carbons (Fsp3) is 0.333. The molecule has 0 saturated heterocycles. The van der Waals surface area contributed by atoms with Crippen LogP contribution >= 0.6 is 0 Å². The third-order valence-electron chi connectivity index (χ3n) is 3.07. The van der Waals surface area contributed by atoms with Gasteiger partial charge in [-0.2, -0.15) is 5.10 Å². The molecule has 0 fully saturated rings. The highest BCUT2D eigenvalue weighted by Gasteiger charge is 2.09. The van der Waals surface area contributed by atoms with Gasteiger partial charge in [0.2, 0.25) is 0 Å². The van der Waals surface area contributed by atoms with Crippen molar-refractivity contribution in [1.82, 2.24) is 9.78 Å². The van der Waals surface area contributed by atoms with Crippen LogP contribution in [0.2, 0.25) is 0 Å². The zero-order valence-corrected chi connectivity index (χ0v) is 12.1. The fourth-order valence-electron chi connectivity index (χ4n) is 2.00. The lowest BCUT2D eigenvalue weighted by Crippen LogP contribution is -2.12. The molecule has 20 heavy (non-hydrogen) atoms. The molecule has 2 rings (SSSR count). The van der Waals surface area contributed by atoms with Gasteiger partial charge >= 0.3 is 0 Å². The van der Waals surface area contributed by atoms with Gasteiger partial charge in [-0.1, -0.05) is 0 Å². The average Bonchev–Trinajstić information content (AvgIpc) is 2.89. The number of hydrogen-bond donors (Lipinski definition) is 2. The Morgan fingerprint density at radius 2 is 2.15 bits per heavy atom. The van der Waals surface area contributed by atoms with E-state index in [4.69, 9.17) is 0 Å². The predicted octanol–water partition coefficient (Wildman–Crippen LogP) is 2.90. The number of carbonyl (C=O) groups is 1. The molecule has 1 aromatic heterocycles. The van der Waals surface area contributed by atoms with Gasteiger partial charge in [0.05, 0.1) is 11.9 Å². The van der Waals surface area contributed by atoms with Crippen LogP contribution in [0.25, 0.3) is 0 Å². The first kappa shape index (κ1) is 14.1. The molecule has 0 bridgehead atoms. The maximum atomic E-state index is 12.2. The molecule has 0 aliphatic carbocycles. The standard InChI is InChI=1S/C15H20N4O/c1-4-16-14-7-6-12(8-11(14)3)15(20)18-13-9-17-19(5-2)10-13/h6-10,16H,4-5H2,1-3H3,(H,18,20). The lowest BCUT2D eigenvalue weighted by atomic mass is 10.1. The van der Waals surface area contributed by atoms with Crippen molar-refractivity contribution in [2.45, 2.75) is 27.3 Å². The lowest BCUT2D eigenvalue weighted by Gasteiger charge is -2.09. The van der Waals surface area contributed by atoms with E-state index in [0.717, 1.165) is 24.3 Å². The number of anilines is 2. The molecule has 0 radical (unpaired) electrons. The van der Waals surface area contributed by atoms with Gasteiger partial charge in [0.15, 0.2) is 0 Å². The second-order valence-corrected chi connectivity index (χ2v) is 4.60. The van der Waals surface area contributed by atoms with Crippen molar-refractivity contribution < 1.29 is 4.79 Å². The van der Waals surface area contributed by atoms with E-state index >= 15 is 0 Å². The molecule has 2 N–H and O–H groups in total. The minimum absolute atomic E-state index is 0.119. The molecule has 5 heteroatoms. The summed E-state index contributed by atoms with van der Waals surface area (Å²) >= 11 is 0. The van der Waals surface area contributed by atoms with Gasteiger partial charge in [-0.15, -0.1) is 0 Å². The van der Waals surface area contributed by atoms with Crippen LogP contribution in [0, 0.1) is 6.92 Å². The predicted molar refractivity (Wildman–Crippen MR) is 81.2 cm³/mol. The van der Waals surface area contributed by atoms with Crippen LogP contribution in [-0.2, 0) is 6.54 Å². The molecule has 0 aliphatic rings. The Kier molecular flexibility index (Phi) is 4.40. The number of amides is 1. The molecule has 1 heterocycles. The summed E-state index contributed by atoms with van der Waals surface area (Å²) in [6.07, 6.45) is 3.47. The molecule has 0 aliphatic heterocycles. The Hall–Kier alpha value is -2.30. The van der Waals surface area contributed by atoms with Gasteiger partial charge in [-0.05, 0) is 44.5 Å². The second-order valence-electron chi connectivity index (χ2n) is 4.60. The number of aryl methyl sites for hydroxylation is 2. The van der Waals surface area contributed by atoms with Gasteiger partial charge < -0.3 is 10.6 Å². The third kappa shape index (κ3) is 3.17. The molecule has 1 amide bonds. The highest BCUT2D eigenvalue weighted by atomic mass is 16.1. The Bertz CT molecular complexity index is 604. The van der Waals surface area contributed by atoms with E-state index in [1.54, 1.807) is 10.9 Å². The fourth-order valence-corrected chi connectivity index (χ4v) is 2.00. The summed E-state index contributed by atoms with van der Waals surface area (Å²) in [4.78, 5) is 12.2. The quantitative estimate of drug-likeness (QED) is 0.880. The highest BCUT2D eigenvalue weighted by Crippen LogP contribution is 2.17. The first-order chi connectivity index (χ1) is 9.63. The monoisotopic (exact) mass is 272 g/mol. The smallest absolute Gasteiger partial charge is 0.255 e. The van der Waals surface area contributed by atoms with Crippen molar-refractivity contribution in [3.05, 3.63) is 41.7 Å². The average molecular weight is 272 g/mol. The molecular formula is C15H20N4O. The Labute approximate surface area is 119 Å². The van der Waals surface area contributed by atoms with Gasteiger partial charge in [0.25, 0.3) is 5.91 Å². The maximum Gasteiger partial charge on any atom is 0.255 e. The zero-order valence-electron chi connectivity index (χ0n) is 12.1. The zero-order chi connectivity index (χ0) is 14.5. The van der Waals surface area contributed by atoms with Gasteiger partial charge in [0, 0.05) is 30.5 Å². The molecule has 0 unspecified atom stereocenters. The summed E-state index contributed by atoms with van der Waals surface area (Å²) in [5, 5.41) is 10.2. The van der Waals surface area contributed by atoms with Crippen molar-refractivity contribution in [2.24, 2.45) is 0 Å². The number of benzene rings is 1. The van der Waals surface area contributed by atoms with E-state index in [1.165, 1.54) is 0 Å². The van der Waals surface area contributed by atoms with Crippen LogP contribution in [-0.4, -0.2) is 22.2 Å². The molecule has 0 spiro atoms. The molecule has 1 aromatic carbocycles. The maximum absolute atomic E-state index is 12.2. The minimum atomic E-state index is -0.119. The summed E-state index contributed by atoms with van der Waals surface area (Å²) in [6, 6.07) is 5.64. The van der Waals surface area contributed by atoms with Gasteiger partial charge in [-0.3, -0.25) is 9.48 Å². The van der Waals surface area contributed by atoms with E-state index in [2.05, 4.69) is 15.7 Å². The van der Waals surface area contributed by atoms with Crippen LogP contribution < -0.4 is 10.6 Å². The van der Waals surface area contributed by atoms with Crippen LogP contribution in [0.3, 0.4) is 0 Å². The molecule has 0 atom stereocenters. The van der Waals surface area contributed by atoms with E-state index in [0.29, 0.717) is 11.3 Å². The first-order valence-corrected chi connectivity index (χ1v) is 6.82. The summed E-state index contributed by atoms with van der Waals surface area (Å²) in [5.41, 5.74) is 3.48. The van der Waals surface area contributed by atoms with Gasteiger partial charge in [0.1, 0.15) is 0 Å². The van der Waals surface area contributed by atoms with Gasteiger partial charge in [-0.25, -0.2) is 0 Å². The van der Waals surface area contributed by atoms with E-state index < -0.39 is 0 Å². The number of hydrogen-bond acceptors (Lipinski definition) is 3. The van der Waals surface area contributed by atoms with E-state index in [-0.39, 0.29) is 5.91 Å². The third-order valence-corrected chi connectivity index (χ3v) is 3.07. The largest absolute Gasteiger partial charge is 0.385 e. The minimum Gasteiger partial charge on any atom is -0.385 e. The van der Waals surface area contributed by atoms with Crippen molar-refractivity contribution in [1.29, 1.82) is 0 Å². The SMILES string of the molecule is CCNc1ccc(C(=O)Nc2cnn(CC)c2)cc1C. The summed E-state index contributed by atoms with van der Waals surface area (Å²) in [5.74, 6) is -0.119. The highest BCUT2D eigenvalue weighted by molar-refractivity contribution is 6.04. The van der Waals surface area contributed by atoms with E-state index in [1.807, 2.05) is 45.2 Å². The van der Waals surface area contributed by atoms with Crippen molar-refractivity contribution in [2.75, 3.05) is 17.2 Å². The Morgan fingerprint density at radius 1 is 1.35 bits per heavy atom. The van der Waals surface area contributed by atoms with Crippen molar-refractivity contribution in [3.63, 3.8) is 0 Å². The van der Waals surface area contributed by atoms with E-state index in [9.17, 15) is 4.79 Å². The molecule has 2 aromatic rings. The second kappa shape index (κ2) is 6.23. The Balaban J connectivity index is 2.10. The number of nitrogens with zero attached hydrogens (tertiary/aromatic N) is 2. The number of nitrogens with one attached hydrogen (secondary N) is 2. The number of aromatic nitrogens is 2. The van der Waals surface area contributed by atoms with Crippen LogP contribution in [0.15, 0.2) is 30.6 Å². The number of carbonyl (C=O) groups excluding carboxylic acids is 1. The molecular weight excluding hydrogens is 252 g/mol. The first-order valence-electron chi connectivity index (χ1n) is 6.82. The molecule has 106 valence electrons. The van der Waals surface area contributed by atoms with Crippen LogP contribution in [0.5, 0.6) is 0 Å². The summed E-state index contributed by atoms with van der Waals surface area (Å²) in [7, 11) is 0. The normalized spacial score (nSPS) is 10.3. The van der Waals surface area contributed by atoms with Crippen LogP contribution in [0.4, 0.5) is 11.4 Å². The summed E-state index contributed by atoms with van der Waals surface area (Å²) < 4.78 is 1.77. The lowest BCUT2D eigenvalue weighted by molar-refractivity contribution is 0.102. The topological polar surface area (TPSA) is 59.0 Å². The van der Waals surface area contributed by atoms with Crippen molar-refractivity contribution >= 4 is 17.3 Å². The van der Waals surface area contributed by atoms with Crippen molar-refractivity contribution in [3.8, 4) is 0 Å².